The highest BCUT2D eigenvalue weighted by Gasteiger charge is 2.08. The molecule has 3 aromatic heterocycles. The summed E-state index contributed by atoms with van der Waals surface area (Å²) in [7, 11) is 0. The molecule has 1 N–H and O–H groups in total. The van der Waals surface area contributed by atoms with Gasteiger partial charge in [-0.2, -0.15) is 0 Å². The van der Waals surface area contributed by atoms with Crippen LogP contribution in [-0.4, -0.2) is 20.4 Å². The van der Waals surface area contributed by atoms with Crippen LogP contribution in [0.15, 0.2) is 34.6 Å². The Kier molecular flexibility index (Phi) is 2.81. The number of carbonyl (C=O) groups excluding carboxylic acids is 1. The van der Waals surface area contributed by atoms with Crippen LogP contribution < -0.4 is 5.32 Å². The van der Waals surface area contributed by atoms with Crippen LogP contribution in [-0.2, 0) is 17.8 Å². The molecule has 0 spiro atoms. The molecule has 0 radical (unpaired) electrons. The SMILES string of the molecule is O=C(Cc1cn2ccsc2n1)NCc1ccon1. The standard InChI is InChI=1S/C11H10N4O2S/c16-10(12-6-8-1-3-17-14-8)5-9-7-15-2-4-18-11(15)13-9/h1-4,7H,5-6H2,(H,12,16). The van der Waals surface area contributed by atoms with Crippen molar-refractivity contribution in [2.75, 3.05) is 0 Å². The van der Waals surface area contributed by atoms with E-state index in [9.17, 15) is 4.79 Å². The summed E-state index contributed by atoms with van der Waals surface area (Å²) in [6.45, 7) is 0.373. The second-order valence-electron chi connectivity index (χ2n) is 3.77. The smallest absolute Gasteiger partial charge is 0.226 e. The number of carbonyl (C=O) groups is 1. The molecule has 7 heteroatoms. The fraction of sp³-hybridized carbons (Fsp3) is 0.182. The monoisotopic (exact) mass is 262 g/mol. The maximum atomic E-state index is 11.7. The summed E-state index contributed by atoms with van der Waals surface area (Å²) in [5, 5.41) is 8.43. The van der Waals surface area contributed by atoms with E-state index >= 15 is 0 Å². The molecule has 0 unspecified atom stereocenters. The van der Waals surface area contributed by atoms with Gasteiger partial charge < -0.3 is 9.84 Å². The topological polar surface area (TPSA) is 72.4 Å². The maximum Gasteiger partial charge on any atom is 0.226 e. The third kappa shape index (κ3) is 2.25. The summed E-state index contributed by atoms with van der Waals surface area (Å²) in [5.41, 5.74) is 1.47. The summed E-state index contributed by atoms with van der Waals surface area (Å²) in [6.07, 6.45) is 5.53. The summed E-state index contributed by atoms with van der Waals surface area (Å²) in [4.78, 5) is 16.9. The molecule has 3 rings (SSSR count). The van der Waals surface area contributed by atoms with Crippen molar-refractivity contribution in [3.05, 3.63) is 41.5 Å². The zero-order chi connectivity index (χ0) is 12.4. The molecule has 92 valence electrons. The predicted octanol–water partition coefficient (Wildman–Crippen LogP) is 1.24. The van der Waals surface area contributed by atoms with Gasteiger partial charge in [-0.3, -0.25) is 9.20 Å². The quantitative estimate of drug-likeness (QED) is 0.768. The highest BCUT2D eigenvalue weighted by atomic mass is 32.1. The molecule has 0 atom stereocenters. The molecule has 18 heavy (non-hydrogen) atoms. The van der Waals surface area contributed by atoms with E-state index in [2.05, 4.69) is 20.0 Å². The first-order chi connectivity index (χ1) is 8.81. The van der Waals surface area contributed by atoms with Crippen LogP contribution in [0, 0.1) is 0 Å². The lowest BCUT2D eigenvalue weighted by Gasteiger charge is -2.00. The second kappa shape index (κ2) is 4.61. The fourth-order valence-electron chi connectivity index (χ4n) is 1.61. The number of nitrogens with zero attached hydrogens (tertiary/aromatic N) is 3. The van der Waals surface area contributed by atoms with E-state index < -0.39 is 0 Å². The van der Waals surface area contributed by atoms with Gasteiger partial charge in [-0.05, 0) is 0 Å². The van der Waals surface area contributed by atoms with Crippen molar-refractivity contribution in [1.82, 2.24) is 19.9 Å². The summed E-state index contributed by atoms with van der Waals surface area (Å²) in [5.74, 6) is -0.0799. The zero-order valence-corrected chi connectivity index (χ0v) is 10.2. The second-order valence-corrected chi connectivity index (χ2v) is 4.64. The lowest BCUT2D eigenvalue weighted by Crippen LogP contribution is -2.24. The Hall–Kier alpha value is -2.15. The molecule has 6 nitrogen and oxygen atoms in total. The van der Waals surface area contributed by atoms with E-state index in [1.807, 2.05) is 22.2 Å². The molecule has 0 saturated carbocycles. The molecule has 3 heterocycles. The summed E-state index contributed by atoms with van der Waals surface area (Å²) >= 11 is 1.54. The van der Waals surface area contributed by atoms with E-state index in [0.717, 1.165) is 10.7 Å². The Bertz CT molecular complexity index is 627. The van der Waals surface area contributed by atoms with Crippen molar-refractivity contribution in [3.8, 4) is 0 Å². The normalized spacial score (nSPS) is 10.9. The lowest BCUT2D eigenvalue weighted by molar-refractivity contribution is -0.120. The van der Waals surface area contributed by atoms with Crippen LogP contribution in [0.4, 0.5) is 0 Å². The molecule has 0 aliphatic rings. The van der Waals surface area contributed by atoms with Crippen molar-refractivity contribution in [2.24, 2.45) is 0 Å². The summed E-state index contributed by atoms with van der Waals surface area (Å²) in [6, 6.07) is 1.72. The number of aromatic nitrogens is 3. The van der Waals surface area contributed by atoms with Gasteiger partial charge in [-0.25, -0.2) is 4.98 Å². The van der Waals surface area contributed by atoms with E-state index in [1.165, 1.54) is 6.26 Å². The van der Waals surface area contributed by atoms with Gasteiger partial charge in [0.2, 0.25) is 5.91 Å². The third-order valence-electron chi connectivity index (χ3n) is 2.44. The van der Waals surface area contributed by atoms with Crippen LogP contribution in [0.3, 0.4) is 0 Å². The Labute approximate surface area is 106 Å². The third-order valence-corrected chi connectivity index (χ3v) is 3.21. The first-order valence-corrected chi connectivity index (χ1v) is 6.26. The Morgan fingerprint density at radius 3 is 3.22 bits per heavy atom. The van der Waals surface area contributed by atoms with Gasteiger partial charge in [0.15, 0.2) is 4.96 Å². The van der Waals surface area contributed by atoms with E-state index in [4.69, 9.17) is 0 Å². The Morgan fingerprint density at radius 2 is 2.44 bits per heavy atom. The first-order valence-electron chi connectivity index (χ1n) is 5.38. The molecule has 0 aliphatic carbocycles. The fourth-order valence-corrected chi connectivity index (χ4v) is 2.33. The van der Waals surface area contributed by atoms with Gasteiger partial charge in [0, 0.05) is 23.8 Å². The van der Waals surface area contributed by atoms with Gasteiger partial charge in [0.1, 0.15) is 12.0 Å². The molecule has 3 aromatic rings. The first kappa shape index (κ1) is 11.0. The molecule has 0 aromatic carbocycles. The molecule has 0 fully saturated rings. The molecule has 0 saturated heterocycles. The number of thiazole rings is 1. The molecular formula is C11H10N4O2S. The Balaban J connectivity index is 1.59. The maximum absolute atomic E-state index is 11.7. The van der Waals surface area contributed by atoms with Crippen molar-refractivity contribution in [1.29, 1.82) is 0 Å². The van der Waals surface area contributed by atoms with Crippen molar-refractivity contribution in [3.63, 3.8) is 0 Å². The highest BCUT2D eigenvalue weighted by Crippen LogP contribution is 2.11. The molecule has 0 aliphatic heterocycles. The minimum Gasteiger partial charge on any atom is -0.364 e. The van der Waals surface area contributed by atoms with Crippen LogP contribution in [0.2, 0.25) is 0 Å². The number of nitrogens with one attached hydrogen (secondary N) is 1. The largest absolute Gasteiger partial charge is 0.364 e. The minimum atomic E-state index is -0.0799. The highest BCUT2D eigenvalue weighted by molar-refractivity contribution is 7.15. The minimum absolute atomic E-state index is 0.0799. The average molecular weight is 262 g/mol. The van der Waals surface area contributed by atoms with Gasteiger partial charge in [-0.1, -0.05) is 5.16 Å². The Morgan fingerprint density at radius 1 is 1.50 bits per heavy atom. The molecule has 1 amide bonds. The van der Waals surface area contributed by atoms with Gasteiger partial charge >= 0.3 is 0 Å². The number of hydrogen-bond donors (Lipinski definition) is 1. The van der Waals surface area contributed by atoms with E-state index in [0.29, 0.717) is 12.2 Å². The number of fused-ring (bicyclic) bond motifs is 1. The summed E-state index contributed by atoms with van der Waals surface area (Å²) < 4.78 is 6.59. The predicted molar refractivity (Wildman–Crippen MR) is 65.1 cm³/mol. The van der Waals surface area contributed by atoms with Crippen LogP contribution in [0.5, 0.6) is 0 Å². The van der Waals surface area contributed by atoms with Crippen LogP contribution >= 0.6 is 11.3 Å². The molecular weight excluding hydrogens is 252 g/mol. The zero-order valence-electron chi connectivity index (χ0n) is 9.37. The lowest BCUT2D eigenvalue weighted by atomic mass is 10.3. The number of amides is 1. The van der Waals surface area contributed by atoms with Gasteiger partial charge in [0.25, 0.3) is 0 Å². The number of imidazole rings is 1. The number of rotatable bonds is 4. The van der Waals surface area contributed by atoms with Crippen molar-refractivity contribution >= 4 is 22.2 Å². The van der Waals surface area contributed by atoms with Gasteiger partial charge in [0.05, 0.1) is 18.7 Å². The molecule has 0 bridgehead atoms. The van der Waals surface area contributed by atoms with Crippen molar-refractivity contribution in [2.45, 2.75) is 13.0 Å². The average Bonchev–Trinajstić information content (AvgIpc) is 3.01. The van der Waals surface area contributed by atoms with Crippen molar-refractivity contribution < 1.29 is 9.32 Å². The van der Waals surface area contributed by atoms with Gasteiger partial charge in [-0.15, -0.1) is 11.3 Å². The number of hydrogen-bond acceptors (Lipinski definition) is 5. The van der Waals surface area contributed by atoms with Crippen LogP contribution in [0.25, 0.3) is 4.96 Å². The van der Waals surface area contributed by atoms with Crippen LogP contribution in [0.1, 0.15) is 11.4 Å². The van der Waals surface area contributed by atoms with E-state index in [-0.39, 0.29) is 12.3 Å². The van der Waals surface area contributed by atoms with E-state index in [1.54, 1.807) is 17.4 Å².